The van der Waals surface area contributed by atoms with Gasteiger partial charge < -0.3 is 10.0 Å². The zero-order valence-electron chi connectivity index (χ0n) is 12.9. The second-order valence-electron chi connectivity index (χ2n) is 5.47. The van der Waals surface area contributed by atoms with Gasteiger partial charge in [-0.1, -0.05) is 36.4 Å². The maximum Gasteiger partial charge on any atom is 0.335 e. The maximum absolute atomic E-state index is 10.9. The highest BCUT2D eigenvalue weighted by atomic mass is 16.4. The van der Waals surface area contributed by atoms with Gasteiger partial charge in [0.05, 0.1) is 17.8 Å². The van der Waals surface area contributed by atoms with Crippen LogP contribution in [0.5, 0.6) is 0 Å². The Morgan fingerprint density at radius 2 is 1.87 bits per heavy atom. The number of aliphatic imine (C=N–C) groups is 1. The van der Waals surface area contributed by atoms with Crippen LogP contribution in [-0.2, 0) is 0 Å². The quantitative estimate of drug-likeness (QED) is 0.946. The summed E-state index contributed by atoms with van der Waals surface area (Å²) in [4.78, 5) is 17.8. The number of aromatic carboxylic acids is 1. The average Bonchev–Trinajstić information content (AvgIpc) is 2.73. The molecule has 3 rings (SSSR count). The zero-order chi connectivity index (χ0) is 16.2. The van der Waals surface area contributed by atoms with Gasteiger partial charge in [-0.25, -0.2) is 4.79 Å². The van der Waals surface area contributed by atoms with Gasteiger partial charge in [-0.2, -0.15) is 0 Å². The summed E-state index contributed by atoms with van der Waals surface area (Å²) in [5.74, 6) is -0.911. The number of carbonyl (C=O) groups is 1. The first kappa shape index (κ1) is 15.0. The summed E-state index contributed by atoms with van der Waals surface area (Å²) in [5.41, 5.74) is 4.49. The number of para-hydroxylation sites is 1. The number of anilines is 1. The Hall–Kier alpha value is -2.88. The van der Waals surface area contributed by atoms with E-state index < -0.39 is 5.97 Å². The smallest absolute Gasteiger partial charge is 0.335 e. The van der Waals surface area contributed by atoms with E-state index in [4.69, 9.17) is 5.11 Å². The number of nitrogens with zero attached hydrogens (tertiary/aromatic N) is 2. The number of hydrogen-bond donors (Lipinski definition) is 1. The molecule has 4 nitrogen and oxygen atoms in total. The standard InChI is InChI=1S/C19H18N2O2/c1-21-13-12-20-17(16-4-2-3-5-18(16)21)11-8-14-6-9-15(10-7-14)19(22)23/h2-11H,12-13H2,1H3,(H,22,23)/b11-8+. The summed E-state index contributed by atoms with van der Waals surface area (Å²) in [6.07, 6.45) is 3.96. The van der Waals surface area contributed by atoms with Gasteiger partial charge in [0.2, 0.25) is 0 Å². The van der Waals surface area contributed by atoms with Crippen LogP contribution in [0.2, 0.25) is 0 Å². The fourth-order valence-electron chi connectivity index (χ4n) is 2.60. The van der Waals surface area contributed by atoms with E-state index in [1.165, 1.54) is 5.69 Å². The molecule has 0 bridgehead atoms. The Morgan fingerprint density at radius 1 is 1.13 bits per heavy atom. The Balaban J connectivity index is 1.88. The fraction of sp³-hybridized carbons (Fsp3) is 0.158. The predicted molar refractivity (Wildman–Crippen MR) is 93.6 cm³/mol. The molecule has 1 N–H and O–H groups in total. The lowest BCUT2D eigenvalue weighted by atomic mass is 10.1. The third-order valence-corrected chi connectivity index (χ3v) is 3.90. The van der Waals surface area contributed by atoms with E-state index in [1.807, 2.05) is 24.3 Å². The Morgan fingerprint density at radius 3 is 2.61 bits per heavy atom. The minimum absolute atomic E-state index is 0.293. The molecule has 0 aromatic heterocycles. The van der Waals surface area contributed by atoms with Gasteiger partial charge in [0.25, 0.3) is 0 Å². The van der Waals surface area contributed by atoms with Crippen LogP contribution in [0.15, 0.2) is 59.6 Å². The van der Waals surface area contributed by atoms with Gasteiger partial charge in [-0.15, -0.1) is 0 Å². The van der Waals surface area contributed by atoms with Gasteiger partial charge in [-0.3, -0.25) is 4.99 Å². The molecule has 0 atom stereocenters. The molecule has 0 aliphatic carbocycles. The van der Waals surface area contributed by atoms with Crippen LogP contribution in [-0.4, -0.2) is 36.9 Å². The third kappa shape index (κ3) is 3.31. The Kier molecular flexibility index (Phi) is 4.24. The largest absolute Gasteiger partial charge is 0.478 e. The predicted octanol–water partition coefficient (Wildman–Crippen LogP) is 3.34. The van der Waals surface area contributed by atoms with Crippen LogP contribution in [0.3, 0.4) is 0 Å². The van der Waals surface area contributed by atoms with Crippen LogP contribution in [0.4, 0.5) is 5.69 Å². The van der Waals surface area contributed by atoms with Gasteiger partial charge in [0.1, 0.15) is 0 Å². The molecule has 0 radical (unpaired) electrons. The van der Waals surface area contributed by atoms with E-state index in [-0.39, 0.29) is 0 Å². The second-order valence-corrected chi connectivity index (χ2v) is 5.47. The molecule has 116 valence electrons. The van der Waals surface area contributed by atoms with Crippen molar-refractivity contribution in [2.45, 2.75) is 0 Å². The molecule has 0 amide bonds. The molecule has 0 spiro atoms. The number of allylic oxidation sites excluding steroid dienone is 1. The lowest BCUT2D eigenvalue weighted by Crippen LogP contribution is -2.20. The average molecular weight is 306 g/mol. The minimum atomic E-state index is -0.911. The fourth-order valence-corrected chi connectivity index (χ4v) is 2.60. The minimum Gasteiger partial charge on any atom is -0.478 e. The molecule has 2 aromatic rings. The van der Waals surface area contributed by atoms with Crippen molar-refractivity contribution in [1.82, 2.24) is 0 Å². The van der Waals surface area contributed by atoms with Crippen LogP contribution in [0.1, 0.15) is 21.5 Å². The summed E-state index contributed by atoms with van der Waals surface area (Å²) in [5, 5.41) is 8.93. The first-order valence-electron chi connectivity index (χ1n) is 7.51. The van der Waals surface area contributed by atoms with Crippen molar-refractivity contribution < 1.29 is 9.90 Å². The topological polar surface area (TPSA) is 52.9 Å². The highest BCUT2D eigenvalue weighted by Crippen LogP contribution is 2.23. The van der Waals surface area contributed by atoms with Crippen LogP contribution in [0.25, 0.3) is 6.08 Å². The molecule has 23 heavy (non-hydrogen) atoms. The van der Waals surface area contributed by atoms with E-state index >= 15 is 0 Å². The van der Waals surface area contributed by atoms with Crippen molar-refractivity contribution in [3.63, 3.8) is 0 Å². The molecule has 0 saturated carbocycles. The number of likely N-dealkylation sites (N-methyl/N-ethyl adjacent to an activating group) is 1. The van der Waals surface area contributed by atoms with E-state index in [0.717, 1.165) is 29.9 Å². The van der Waals surface area contributed by atoms with Crippen molar-refractivity contribution in [3.05, 3.63) is 71.3 Å². The summed E-state index contributed by atoms with van der Waals surface area (Å²) in [6, 6.07) is 15.1. The number of rotatable bonds is 3. The first-order valence-corrected chi connectivity index (χ1v) is 7.51. The summed E-state index contributed by atoms with van der Waals surface area (Å²) < 4.78 is 0. The number of carboxylic acids is 1. The third-order valence-electron chi connectivity index (χ3n) is 3.90. The molecule has 1 aliphatic heterocycles. The van der Waals surface area contributed by atoms with Gasteiger partial charge >= 0.3 is 5.97 Å². The van der Waals surface area contributed by atoms with Gasteiger partial charge in [0.15, 0.2) is 0 Å². The number of benzodiazepines with no additional fused rings is 1. The van der Waals surface area contributed by atoms with Crippen molar-refractivity contribution in [2.75, 3.05) is 25.0 Å². The molecule has 0 unspecified atom stereocenters. The van der Waals surface area contributed by atoms with Crippen LogP contribution >= 0.6 is 0 Å². The number of benzene rings is 2. The lowest BCUT2D eigenvalue weighted by Gasteiger charge is -2.18. The molecule has 1 heterocycles. The van der Waals surface area contributed by atoms with Crippen molar-refractivity contribution in [1.29, 1.82) is 0 Å². The number of fused-ring (bicyclic) bond motifs is 1. The SMILES string of the molecule is CN1CCN=C(/C=C/c2ccc(C(=O)O)cc2)c2ccccc21. The normalized spacial score (nSPS) is 14.3. The van der Waals surface area contributed by atoms with E-state index in [0.29, 0.717) is 5.56 Å². The Labute approximate surface area is 135 Å². The molecular weight excluding hydrogens is 288 g/mol. The highest BCUT2D eigenvalue weighted by molar-refractivity contribution is 6.14. The second kappa shape index (κ2) is 6.48. The van der Waals surface area contributed by atoms with E-state index in [1.54, 1.807) is 24.3 Å². The number of carboxylic acid groups (broad SMARTS) is 1. The molecule has 2 aromatic carbocycles. The summed E-state index contributed by atoms with van der Waals surface area (Å²) in [7, 11) is 2.08. The van der Waals surface area contributed by atoms with Crippen LogP contribution < -0.4 is 4.90 Å². The van der Waals surface area contributed by atoms with E-state index in [2.05, 4.69) is 29.1 Å². The van der Waals surface area contributed by atoms with Crippen LogP contribution in [0, 0.1) is 0 Å². The Bertz CT molecular complexity index is 776. The monoisotopic (exact) mass is 306 g/mol. The molecule has 4 heteroatoms. The lowest BCUT2D eigenvalue weighted by molar-refractivity contribution is 0.0697. The van der Waals surface area contributed by atoms with Crippen molar-refractivity contribution in [2.24, 2.45) is 4.99 Å². The summed E-state index contributed by atoms with van der Waals surface area (Å²) >= 11 is 0. The zero-order valence-corrected chi connectivity index (χ0v) is 12.9. The number of hydrogen-bond acceptors (Lipinski definition) is 3. The first-order chi connectivity index (χ1) is 11.1. The van der Waals surface area contributed by atoms with Crippen molar-refractivity contribution >= 4 is 23.4 Å². The molecular formula is C19H18N2O2. The molecule has 0 fully saturated rings. The molecule has 1 aliphatic rings. The van der Waals surface area contributed by atoms with Gasteiger partial charge in [0, 0.05) is 24.8 Å². The summed E-state index contributed by atoms with van der Waals surface area (Å²) in [6.45, 7) is 1.64. The maximum atomic E-state index is 10.9. The highest BCUT2D eigenvalue weighted by Gasteiger charge is 2.13. The van der Waals surface area contributed by atoms with Gasteiger partial charge in [-0.05, 0) is 29.8 Å². The van der Waals surface area contributed by atoms with E-state index in [9.17, 15) is 4.79 Å². The molecule has 0 saturated heterocycles. The van der Waals surface area contributed by atoms with Crippen molar-refractivity contribution in [3.8, 4) is 0 Å².